The number of rotatable bonds is 4. The van der Waals surface area contributed by atoms with Crippen LogP contribution in [0.2, 0.25) is 0 Å². The van der Waals surface area contributed by atoms with Gasteiger partial charge in [-0.3, -0.25) is 0 Å². The lowest BCUT2D eigenvalue weighted by molar-refractivity contribution is 0.0786. The van der Waals surface area contributed by atoms with Crippen molar-refractivity contribution in [3.63, 3.8) is 0 Å². The molecular formula is C15H18O. The van der Waals surface area contributed by atoms with Crippen molar-refractivity contribution >= 4 is 5.57 Å². The summed E-state index contributed by atoms with van der Waals surface area (Å²) in [5, 5.41) is 9.93. The summed E-state index contributed by atoms with van der Waals surface area (Å²) in [5.41, 5.74) is 2.11. The van der Waals surface area contributed by atoms with Gasteiger partial charge in [0.2, 0.25) is 0 Å². The Labute approximate surface area is 97.4 Å². The predicted octanol–water partition coefficient (Wildman–Crippen LogP) is 3.67. The van der Waals surface area contributed by atoms with Crippen LogP contribution in [-0.2, 0) is 5.60 Å². The van der Waals surface area contributed by atoms with E-state index in [1.165, 1.54) is 0 Å². The summed E-state index contributed by atoms with van der Waals surface area (Å²) in [6.45, 7) is 11.0. The number of benzene rings is 1. The third kappa shape index (κ3) is 2.94. The van der Waals surface area contributed by atoms with Gasteiger partial charge in [-0.05, 0) is 36.6 Å². The highest BCUT2D eigenvalue weighted by molar-refractivity contribution is 5.75. The lowest BCUT2D eigenvalue weighted by Gasteiger charge is -2.18. The molecule has 0 aliphatic rings. The minimum Gasteiger partial charge on any atom is -0.386 e. The summed E-state index contributed by atoms with van der Waals surface area (Å²) in [6, 6.07) is 7.81. The average molecular weight is 214 g/mol. The smallest absolute Gasteiger partial charge is 0.0840 e. The summed E-state index contributed by atoms with van der Waals surface area (Å²) in [6.07, 6.45) is 5.41. The van der Waals surface area contributed by atoms with E-state index >= 15 is 0 Å². The third-order valence-electron chi connectivity index (χ3n) is 2.42. The Morgan fingerprint density at radius 3 is 2.50 bits per heavy atom. The molecule has 1 N–H and O–H groups in total. The van der Waals surface area contributed by atoms with Crippen LogP contribution in [0.15, 0.2) is 55.7 Å². The zero-order valence-corrected chi connectivity index (χ0v) is 9.90. The van der Waals surface area contributed by atoms with Crippen molar-refractivity contribution in [2.24, 2.45) is 0 Å². The molecule has 0 unspecified atom stereocenters. The normalized spacial score (nSPS) is 12.3. The van der Waals surface area contributed by atoms with Crippen molar-refractivity contribution in [3.8, 4) is 0 Å². The quantitative estimate of drug-likeness (QED) is 0.758. The first-order valence-corrected chi connectivity index (χ1v) is 5.27. The molecule has 16 heavy (non-hydrogen) atoms. The standard InChI is InChI=1S/C15H18O/c1-5-8-12(6-2)13-9-7-10-14(11-13)15(3,4)16/h5-11,16H,1-2H2,3-4H3. The zero-order chi connectivity index (χ0) is 12.2. The molecule has 0 atom stereocenters. The summed E-state index contributed by atoms with van der Waals surface area (Å²) < 4.78 is 0. The maximum atomic E-state index is 9.93. The molecule has 0 spiro atoms. The van der Waals surface area contributed by atoms with E-state index in [4.69, 9.17) is 0 Å². The van der Waals surface area contributed by atoms with E-state index in [0.29, 0.717) is 0 Å². The van der Waals surface area contributed by atoms with Gasteiger partial charge < -0.3 is 5.11 Å². The molecule has 1 aromatic carbocycles. The molecule has 0 fully saturated rings. The minimum absolute atomic E-state index is 0.823. The van der Waals surface area contributed by atoms with E-state index in [1.54, 1.807) is 26.0 Å². The SMILES string of the molecule is C=CC=C(C=C)c1cccc(C(C)(C)O)c1. The van der Waals surface area contributed by atoms with Gasteiger partial charge in [0.1, 0.15) is 0 Å². The van der Waals surface area contributed by atoms with E-state index < -0.39 is 5.60 Å². The Morgan fingerprint density at radius 1 is 1.31 bits per heavy atom. The maximum Gasteiger partial charge on any atom is 0.0840 e. The second-order valence-corrected chi connectivity index (χ2v) is 4.20. The fourth-order valence-electron chi connectivity index (χ4n) is 1.49. The van der Waals surface area contributed by atoms with Gasteiger partial charge in [-0.15, -0.1) is 0 Å². The molecule has 0 bridgehead atoms. The summed E-state index contributed by atoms with van der Waals surface area (Å²) >= 11 is 0. The van der Waals surface area contributed by atoms with Gasteiger partial charge >= 0.3 is 0 Å². The van der Waals surface area contributed by atoms with Gasteiger partial charge in [0.05, 0.1) is 5.60 Å². The largest absolute Gasteiger partial charge is 0.386 e. The van der Waals surface area contributed by atoms with Gasteiger partial charge in [-0.2, -0.15) is 0 Å². The van der Waals surface area contributed by atoms with Crippen LogP contribution in [-0.4, -0.2) is 5.11 Å². The van der Waals surface area contributed by atoms with E-state index in [0.717, 1.165) is 16.7 Å². The fraction of sp³-hybridized carbons (Fsp3) is 0.200. The summed E-state index contributed by atoms with van der Waals surface area (Å²) in [4.78, 5) is 0. The number of hydrogen-bond acceptors (Lipinski definition) is 1. The predicted molar refractivity (Wildman–Crippen MR) is 70.1 cm³/mol. The van der Waals surface area contributed by atoms with Crippen LogP contribution in [0, 0.1) is 0 Å². The Balaban J connectivity index is 3.22. The molecule has 0 heterocycles. The molecule has 1 nitrogen and oxygen atoms in total. The molecule has 0 aromatic heterocycles. The molecule has 84 valence electrons. The summed E-state index contributed by atoms with van der Waals surface area (Å²) in [7, 11) is 0. The Kier molecular flexibility index (Phi) is 3.86. The van der Waals surface area contributed by atoms with Crippen molar-refractivity contribution < 1.29 is 5.11 Å². The molecule has 0 aliphatic heterocycles. The van der Waals surface area contributed by atoms with E-state index in [2.05, 4.69) is 13.2 Å². The van der Waals surface area contributed by atoms with Crippen LogP contribution in [0.25, 0.3) is 5.57 Å². The molecule has 1 heteroatoms. The third-order valence-corrected chi connectivity index (χ3v) is 2.42. The fourth-order valence-corrected chi connectivity index (χ4v) is 1.49. The lowest BCUT2D eigenvalue weighted by atomic mass is 9.94. The molecule has 1 aromatic rings. The minimum atomic E-state index is -0.823. The number of allylic oxidation sites excluding steroid dienone is 4. The van der Waals surface area contributed by atoms with Crippen LogP contribution in [0.4, 0.5) is 0 Å². The van der Waals surface area contributed by atoms with Crippen LogP contribution in [0.5, 0.6) is 0 Å². The van der Waals surface area contributed by atoms with Crippen molar-refractivity contribution in [2.45, 2.75) is 19.4 Å². The Hall–Kier alpha value is -1.60. The monoisotopic (exact) mass is 214 g/mol. The molecule has 1 rings (SSSR count). The first-order valence-electron chi connectivity index (χ1n) is 5.27. The van der Waals surface area contributed by atoms with Crippen LogP contribution < -0.4 is 0 Å². The number of aliphatic hydroxyl groups is 1. The van der Waals surface area contributed by atoms with E-state index in [1.807, 2.05) is 30.3 Å². The first-order chi connectivity index (χ1) is 7.49. The molecule has 0 radical (unpaired) electrons. The highest BCUT2D eigenvalue weighted by atomic mass is 16.3. The topological polar surface area (TPSA) is 20.2 Å². The molecular weight excluding hydrogens is 196 g/mol. The van der Waals surface area contributed by atoms with Crippen molar-refractivity contribution in [3.05, 3.63) is 66.8 Å². The van der Waals surface area contributed by atoms with Gasteiger partial charge in [0, 0.05) is 0 Å². The zero-order valence-electron chi connectivity index (χ0n) is 9.90. The van der Waals surface area contributed by atoms with Crippen molar-refractivity contribution in [2.75, 3.05) is 0 Å². The van der Waals surface area contributed by atoms with E-state index in [9.17, 15) is 5.11 Å². The van der Waals surface area contributed by atoms with Gasteiger partial charge in [0.25, 0.3) is 0 Å². The Bertz CT molecular complexity index is 419. The van der Waals surface area contributed by atoms with E-state index in [-0.39, 0.29) is 0 Å². The second-order valence-electron chi connectivity index (χ2n) is 4.20. The Morgan fingerprint density at radius 2 is 2.00 bits per heavy atom. The molecule has 0 saturated heterocycles. The van der Waals surface area contributed by atoms with Crippen molar-refractivity contribution in [1.29, 1.82) is 0 Å². The first kappa shape index (κ1) is 12.5. The molecule has 0 saturated carbocycles. The van der Waals surface area contributed by atoms with Crippen LogP contribution in [0.1, 0.15) is 25.0 Å². The number of hydrogen-bond donors (Lipinski definition) is 1. The van der Waals surface area contributed by atoms with Gasteiger partial charge in [0.15, 0.2) is 0 Å². The van der Waals surface area contributed by atoms with Crippen LogP contribution in [0.3, 0.4) is 0 Å². The van der Waals surface area contributed by atoms with Crippen molar-refractivity contribution in [1.82, 2.24) is 0 Å². The average Bonchev–Trinajstić information content (AvgIpc) is 2.25. The lowest BCUT2D eigenvalue weighted by Crippen LogP contribution is -2.15. The molecule has 0 aliphatic carbocycles. The second kappa shape index (κ2) is 4.95. The van der Waals surface area contributed by atoms with Crippen LogP contribution >= 0.6 is 0 Å². The highest BCUT2D eigenvalue weighted by Crippen LogP contribution is 2.24. The highest BCUT2D eigenvalue weighted by Gasteiger charge is 2.15. The maximum absolute atomic E-state index is 9.93. The molecule has 0 amide bonds. The summed E-state index contributed by atoms with van der Waals surface area (Å²) in [5.74, 6) is 0. The van der Waals surface area contributed by atoms with Gasteiger partial charge in [-0.1, -0.05) is 49.6 Å². The van der Waals surface area contributed by atoms with Gasteiger partial charge in [-0.25, -0.2) is 0 Å².